The number of thioether (sulfide) groups is 1. The van der Waals surface area contributed by atoms with Crippen molar-refractivity contribution >= 4 is 34.7 Å². The second kappa shape index (κ2) is 6.69. The largest absolute Gasteiger partial charge is 0.493 e. The first-order valence-corrected chi connectivity index (χ1v) is 7.40. The smallest absolute Gasteiger partial charge is 0.293 e. The number of carbonyl (C=O) groups is 2. The second-order valence-corrected chi connectivity index (χ2v) is 5.44. The van der Waals surface area contributed by atoms with Gasteiger partial charge < -0.3 is 9.47 Å². The van der Waals surface area contributed by atoms with Crippen molar-refractivity contribution in [2.45, 2.75) is 6.92 Å². The number of hydrogen-bond acceptors (Lipinski definition) is 7. The molecule has 1 aromatic carbocycles. The van der Waals surface area contributed by atoms with Gasteiger partial charge in [0.05, 0.1) is 35.7 Å². The van der Waals surface area contributed by atoms with Gasteiger partial charge in [-0.2, -0.15) is 0 Å². The summed E-state index contributed by atoms with van der Waals surface area (Å²) in [4.78, 5) is 35.7. The highest BCUT2D eigenvalue weighted by Gasteiger charge is 2.34. The summed E-state index contributed by atoms with van der Waals surface area (Å²) in [5.41, 5.74) is -0.0831. The minimum atomic E-state index is -0.585. The zero-order chi connectivity index (χ0) is 17.1. The van der Waals surface area contributed by atoms with E-state index in [2.05, 4.69) is 0 Å². The van der Waals surface area contributed by atoms with E-state index in [9.17, 15) is 19.7 Å². The van der Waals surface area contributed by atoms with Gasteiger partial charge >= 0.3 is 0 Å². The first-order chi connectivity index (χ1) is 10.9. The van der Waals surface area contributed by atoms with E-state index in [1.54, 1.807) is 6.92 Å². The van der Waals surface area contributed by atoms with Crippen molar-refractivity contribution in [3.05, 3.63) is 32.7 Å². The number of likely N-dealkylation sites (N-methyl/N-ethyl adjacent to an activating group) is 1. The Balaban J connectivity index is 2.55. The van der Waals surface area contributed by atoms with Crippen LogP contribution < -0.4 is 9.47 Å². The van der Waals surface area contributed by atoms with Crippen LogP contribution in [0.15, 0.2) is 17.0 Å². The van der Waals surface area contributed by atoms with Crippen molar-refractivity contribution in [3.8, 4) is 11.5 Å². The molecular formula is C14H14N2O6S. The standard InChI is InChI=1S/C14H14N2O6S/c1-4-15-13(17)12(23-14(15)18)6-8-5-10(21-2)11(22-3)7-9(8)16(19)20/h5-7H,4H2,1-3H3/b12-6-. The van der Waals surface area contributed by atoms with Crippen molar-refractivity contribution in [2.24, 2.45) is 0 Å². The normalized spacial score (nSPS) is 16.1. The van der Waals surface area contributed by atoms with E-state index in [1.807, 2.05) is 0 Å². The quantitative estimate of drug-likeness (QED) is 0.462. The van der Waals surface area contributed by atoms with Crippen LogP contribution in [-0.2, 0) is 4.79 Å². The van der Waals surface area contributed by atoms with Crippen LogP contribution in [0.5, 0.6) is 11.5 Å². The van der Waals surface area contributed by atoms with Gasteiger partial charge in [-0.15, -0.1) is 0 Å². The van der Waals surface area contributed by atoms with Gasteiger partial charge in [-0.3, -0.25) is 24.6 Å². The van der Waals surface area contributed by atoms with Crippen LogP contribution in [0.1, 0.15) is 12.5 Å². The molecule has 0 spiro atoms. The number of imide groups is 1. The Morgan fingerprint density at radius 2 is 1.87 bits per heavy atom. The number of rotatable bonds is 5. The number of benzene rings is 1. The molecular weight excluding hydrogens is 324 g/mol. The van der Waals surface area contributed by atoms with E-state index in [1.165, 1.54) is 32.4 Å². The van der Waals surface area contributed by atoms with Gasteiger partial charge in [0.1, 0.15) is 0 Å². The zero-order valence-electron chi connectivity index (χ0n) is 12.7. The highest BCUT2D eigenvalue weighted by atomic mass is 32.2. The van der Waals surface area contributed by atoms with Crippen molar-refractivity contribution in [1.29, 1.82) is 0 Å². The predicted molar refractivity (Wildman–Crippen MR) is 84.6 cm³/mol. The molecule has 0 N–H and O–H groups in total. The summed E-state index contributed by atoms with van der Waals surface area (Å²) in [5.74, 6) is 0.0312. The van der Waals surface area contributed by atoms with Gasteiger partial charge in [-0.1, -0.05) is 0 Å². The molecule has 0 radical (unpaired) electrons. The van der Waals surface area contributed by atoms with E-state index in [0.717, 1.165) is 16.7 Å². The summed E-state index contributed by atoms with van der Waals surface area (Å²) >= 11 is 0.749. The fourth-order valence-electron chi connectivity index (χ4n) is 2.07. The Morgan fingerprint density at radius 1 is 1.26 bits per heavy atom. The molecule has 0 atom stereocenters. The number of carbonyl (C=O) groups excluding carboxylic acids is 2. The van der Waals surface area contributed by atoms with Crippen molar-refractivity contribution in [1.82, 2.24) is 4.90 Å². The fraction of sp³-hybridized carbons (Fsp3) is 0.286. The maximum atomic E-state index is 12.1. The van der Waals surface area contributed by atoms with Gasteiger partial charge in [0.15, 0.2) is 11.5 Å². The summed E-state index contributed by atoms with van der Waals surface area (Å²) in [6, 6.07) is 2.62. The molecule has 8 nitrogen and oxygen atoms in total. The number of nitro benzene ring substituents is 1. The second-order valence-electron chi connectivity index (χ2n) is 4.45. The SMILES string of the molecule is CCN1C(=O)S/C(=C\c2cc(OC)c(OC)cc2[N+](=O)[O-])C1=O. The molecule has 1 aliphatic rings. The first-order valence-electron chi connectivity index (χ1n) is 6.58. The molecule has 1 aliphatic heterocycles. The molecule has 0 saturated carbocycles. The van der Waals surface area contributed by atoms with Gasteiger partial charge in [0.25, 0.3) is 16.8 Å². The molecule has 1 heterocycles. The van der Waals surface area contributed by atoms with Gasteiger partial charge in [0.2, 0.25) is 0 Å². The lowest BCUT2D eigenvalue weighted by Crippen LogP contribution is -2.27. The number of nitro groups is 1. The molecule has 1 fully saturated rings. The lowest BCUT2D eigenvalue weighted by atomic mass is 10.1. The molecule has 2 amide bonds. The van der Waals surface area contributed by atoms with Crippen LogP contribution in [-0.4, -0.2) is 41.7 Å². The van der Waals surface area contributed by atoms with E-state index in [-0.39, 0.29) is 28.5 Å². The molecule has 9 heteroatoms. The first kappa shape index (κ1) is 16.8. The van der Waals surface area contributed by atoms with Crippen LogP contribution >= 0.6 is 11.8 Å². The number of amides is 2. The summed E-state index contributed by atoms with van der Waals surface area (Å²) in [6.45, 7) is 1.92. The Labute approximate surface area is 136 Å². The minimum Gasteiger partial charge on any atom is -0.493 e. The molecule has 0 aromatic heterocycles. The number of methoxy groups -OCH3 is 2. The van der Waals surface area contributed by atoms with Crippen molar-refractivity contribution < 1.29 is 24.0 Å². The van der Waals surface area contributed by atoms with E-state index >= 15 is 0 Å². The maximum absolute atomic E-state index is 12.1. The van der Waals surface area contributed by atoms with E-state index in [0.29, 0.717) is 5.75 Å². The molecule has 23 heavy (non-hydrogen) atoms. The maximum Gasteiger partial charge on any atom is 0.293 e. The number of ether oxygens (including phenoxy) is 2. The van der Waals surface area contributed by atoms with Crippen LogP contribution in [0.3, 0.4) is 0 Å². The van der Waals surface area contributed by atoms with Crippen molar-refractivity contribution in [3.63, 3.8) is 0 Å². The summed E-state index contributed by atoms with van der Waals surface area (Å²) in [6.07, 6.45) is 1.32. The molecule has 0 unspecified atom stereocenters. The molecule has 122 valence electrons. The van der Waals surface area contributed by atoms with Gasteiger partial charge in [0, 0.05) is 6.54 Å². The number of nitrogens with zero attached hydrogens (tertiary/aromatic N) is 2. The summed E-state index contributed by atoms with van der Waals surface area (Å²) in [5, 5.41) is 10.8. The Bertz CT molecular complexity index is 715. The van der Waals surface area contributed by atoms with Gasteiger partial charge in [-0.05, 0) is 30.8 Å². The topological polar surface area (TPSA) is 99.0 Å². The average molecular weight is 338 g/mol. The zero-order valence-corrected chi connectivity index (χ0v) is 13.5. The molecule has 2 rings (SSSR count). The van der Waals surface area contributed by atoms with E-state index in [4.69, 9.17) is 9.47 Å². The Morgan fingerprint density at radius 3 is 2.35 bits per heavy atom. The lowest BCUT2D eigenvalue weighted by Gasteiger charge is -2.09. The average Bonchev–Trinajstić information content (AvgIpc) is 2.79. The Hall–Kier alpha value is -2.55. The molecule has 0 aliphatic carbocycles. The van der Waals surface area contributed by atoms with Crippen LogP contribution in [0, 0.1) is 10.1 Å². The third-order valence-corrected chi connectivity index (χ3v) is 4.11. The highest BCUT2D eigenvalue weighted by Crippen LogP contribution is 2.38. The molecule has 1 saturated heterocycles. The van der Waals surface area contributed by atoms with Crippen molar-refractivity contribution in [2.75, 3.05) is 20.8 Å². The minimum absolute atomic E-state index is 0.132. The monoisotopic (exact) mass is 338 g/mol. The van der Waals surface area contributed by atoms with Crippen LogP contribution in [0.4, 0.5) is 10.5 Å². The molecule has 1 aromatic rings. The summed E-state index contributed by atoms with van der Waals surface area (Å²) < 4.78 is 10.2. The third kappa shape index (κ3) is 3.14. The Kier molecular flexibility index (Phi) is 4.89. The third-order valence-electron chi connectivity index (χ3n) is 3.21. The fourth-order valence-corrected chi connectivity index (χ4v) is 2.97. The highest BCUT2D eigenvalue weighted by molar-refractivity contribution is 8.18. The molecule has 0 bridgehead atoms. The van der Waals surface area contributed by atoms with Crippen LogP contribution in [0.2, 0.25) is 0 Å². The van der Waals surface area contributed by atoms with Gasteiger partial charge in [-0.25, -0.2) is 0 Å². The number of hydrogen-bond donors (Lipinski definition) is 0. The lowest BCUT2D eigenvalue weighted by molar-refractivity contribution is -0.385. The summed E-state index contributed by atoms with van der Waals surface area (Å²) in [7, 11) is 2.77. The van der Waals surface area contributed by atoms with E-state index < -0.39 is 16.1 Å². The van der Waals surface area contributed by atoms with Crippen LogP contribution in [0.25, 0.3) is 6.08 Å². The predicted octanol–water partition coefficient (Wildman–Crippen LogP) is 2.67.